The van der Waals surface area contributed by atoms with Gasteiger partial charge in [0.25, 0.3) is 0 Å². The fraction of sp³-hybridized carbons (Fsp3) is 0.333. The van der Waals surface area contributed by atoms with Crippen LogP contribution in [0.15, 0.2) is 70.7 Å². The van der Waals surface area contributed by atoms with Gasteiger partial charge in [-0.25, -0.2) is 0 Å². The van der Waals surface area contributed by atoms with Crippen molar-refractivity contribution in [2.45, 2.75) is 45.3 Å². The maximum Gasteiger partial charge on any atom is 0.130 e. The number of ether oxygens (including phenoxy) is 1. The van der Waals surface area contributed by atoms with Crippen LogP contribution in [0.3, 0.4) is 0 Å². The molecule has 0 aliphatic carbocycles. The molecular weight excluding hydrogens is 336 g/mol. The molecule has 3 heteroatoms. The molecule has 2 aromatic rings. The summed E-state index contributed by atoms with van der Waals surface area (Å²) in [4.78, 5) is 0. The molecule has 0 amide bonds. The van der Waals surface area contributed by atoms with Gasteiger partial charge in [0.05, 0.1) is 12.7 Å². The lowest BCUT2D eigenvalue weighted by Crippen LogP contribution is -2.11. The molecule has 0 fully saturated rings. The molecule has 3 nitrogen and oxygen atoms in total. The molecule has 142 valence electrons. The third kappa shape index (κ3) is 5.09. The Morgan fingerprint density at radius 1 is 1.19 bits per heavy atom. The van der Waals surface area contributed by atoms with Gasteiger partial charge < -0.3 is 14.3 Å². The Labute approximate surface area is 161 Å². The lowest BCUT2D eigenvalue weighted by atomic mass is 9.93. The van der Waals surface area contributed by atoms with E-state index in [-0.39, 0.29) is 12.7 Å². The minimum atomic E-state index is -0.0852. The number of rotatable bonds is 9. The summed E-state index contributed by atoms with van der Waals surface area (Å²) in [6.45, 7) is 7.00. The Bertz CT molecular complexity index is 811. The van der Waals surface area contributed by atoms with Crippen LogP contribution < -0.4 is 0 Å². The van der Waals surface area contributed by atoms with Crippen LogP contribution in [0, 0.1) is 0 Å². The zero-order valence-electron chi connectivity index (χ0n) is 16.0. The topological polar surface area (TPSA) is 42.6 Å². The van der Waals surface area contributed by atoms with E-state index in [4.69, 9.17) is 9.15 Å². The first kappa shape index (κ1) is 19.4. The molecule has 1 aromatic heterocycles. The van der Waals surface area contributed by atoms with Crippen LogP contribution in [-0.2, 0) is 11.3 Å². The molecule has 2 heterocycles. The summed E-state index contributed by atoms with van der Waals surface area (Å²) in [5.74, 6) is 1.34. The molecule has 1 aliphatic rings. The minimum Gasteiger partial charge on any atom is -0.459 e. The van der Waals surface area contributed by atoms with Gasteiger partial charge in [-0.3, -0.25) is 0 Å². The number of hydrogen-bond donors (Lipinski definition) is 1. The highest BCUT2D eigenvalue weighted by Gasteiger charge is 2.22. The van der Waals surface area contributed by atoms with Crippen LogP contribution in [-0.4, -0.2) is 17.8 Å². The first-order valence-corrected chi connectivity index (χ1v) is 9.66. The van der Waals surface area contributed by atoms with E-state index in [9.17, 15) is 5.11 Å². The van der Waals surface area contributed by atoms with Crippen molar-refractivity contribution >= 4 is 11.6 Å². The van der Waals surface area contributed by atoms with E-state index >= 15 is 0 Å². The van der Waals surface area contributed by atoms with Gasteiger partial charge in [-0.1, -0.05) is 56.3 Å². The Kier molecular flexibility index (Phi) is 6.86. The van der Waals surface area contributed by atoms with Gasteiger partial charge in [0.2, 0.25) is 0 Å². The van der Waals surface area contributed by atoms with Gasteiger partial charge in [-0.05, 0) is 59.8 Å². The van der Waals surface area contributed by atoms with E-state index in [2.05, 4.69) is 37.8 Å². The number of allylic oxidation sites excluding steroid dienone is 1. The van der Waals surface area contributed by atoms with Gasteiger partial charge in [0.15, 0.2) is 0 Å². The smallest absolute Gasteiger partial charge is 0.130 e. The van der Waals surface area contributed by atoms with E-state index < -0.39 is 0 Å². The lowest BCUT2D eigenvalue weighted by molar-refractivity contribution is 0.117. The molecular formula is C24H28O3. The predicted octanol–water partition coefficient (Wildman–Crippen LogP) is 5.77. The molecule has 1 N–H and O–H groups in total. The number of benzene rings is 1. The van der Waals surface area contributed by atoms with Crippen LogP contribution in [0.4, 0.5) is 0 Å². The SMILES string of the molecule is C=C(CCC)C1=CCOC1CC/C(=C/c1ccc(CO)o1)c1ccccc1. The normalized spacial score (nSPS) is 17.2. The van der Waals surface area contributed by atoms with E-state index in [1.165, 1.54) is 22.3 Å². The molecule has 1 aromatic carbocycles. The fourth-order valence-corrected chi connectivity index (χ4v) is 3.50. The third-order valence-electron chi connectivity index (χ3n) is 4.88. The molecule has 0 radical (unpaired) electrons. The van der Waals surface area contributed by atoms with Crippen LogP contribution in [0.2, 0.25) is 0 Å². The van der Waals surface area contributed by atoms with Gasteiger partial charge in [-0.15, -0.1) is 0 Å². The first-order valence-electron chi connectivity index (χ1n) is 9.66. The second kappa shape index (κ2) is 9.54. The van der Waals surface area contributed by atoms with Crippen LogP contribution >= 0.6 is 0 Å². The van der Waals surface area contributed by atoms with E-state index in [0.717, 1.165) is 31.4 Å². The largest absolute Gasteiger partial charge is 0.459 e. The molecule has 1 unspecified atom stereocenters. The highest BCUT2D eigenvalue weighted by Crippen LogP contribution is 2.31. The van der Waals surface area contributed by atoms with Crippen LogP contribution in [0.5, 0.6) is 0 Å². The molecule has 0 spiro atoms. The van der Waals surface area contributed by atoms with Crippen molar-refractivity contribution in [1.29, 1.82) is 0 Å². The van der Waals surface area contributed by atoms with Crippen molar-refractivity contribution < 1.29 is 14.3 Å². The molecule has 1 aliphatic heterocycles. The molecule has 1 atom stereocenters. The maximum atomic E-state index is 9.23. The minimum absolute atomic E-state index is 0.0852. The van der Waals surface area contributed by atoms with Crippen molar-refractivity contribution in [1.82, 2.24) is 0 Å². The average Bonchev–Trinajstić information content (AvgIpc) is 3.35. The molecule has 27 heavy (non-hydrogen) atoms. The van der Waals surface area contributed by atoms with Crippen LogP contribution in [0.25, 0.3) is 11.6 Å². The molecule has 3 rings (SSSR count). The Balaban J connectivity index is 1.76. The van der Waals surface area contributed by atoms with Crippen molar-refractivity contribution in [2.24, 2.45) is 0 Å². The summed E-state index contributed by atoms with van der Waals surface area (Å²) in [6, 6.07) is 14.1. The summed E-state index contributed by atoms with van der Waals surface area (Å²) in [6.07, 6.45) is 8.25. The summed E-state index contributed by atoms with van der Waals surface area (Å²) in [5.41, 5.74) is 4.84. The second-order valence-corrected chi connectivity index (χ2v) is 6.87. The lowest BCUT2D eigenvalue weighted by Gasteiger charge is -2.17. The molecule has 0 saturated carbocycles. The van der Waals surface area contributed by atoms with E-state index in [0.29, 0.717) is 12.4 Å². The number of aliphatic hydroxyl groups excluding tert-OH is 1. The van der Waals surface area contributed by atoms with E-state index in [1.807, 2.05) is 30.3 Å². The summed E-state index contributed by atoms with van der Waals surface area (Å²) in [7, 11) is 0. The first-order chi connectivity index (χ1) is 13.2. The summed E-state index contributed by atoms with van der Waals surface area (Å²) >= 11 is 0. The Morgan fingerprint density at radius 3 is 2.70 bits per heavy atom. The van der Waals surface area contributed by atoms with Crippen molar-refractivity contribution in [2.75, 3.05) is 6.61 Å². The van der Waals surface area contributed by atoms with Gasteiger partial charge in [0, 0.05) is 0 Å². The summed E-state index contributed by atoms with van der Waals surface area (Å²) in [5, 5.41) is 9.23. The standard InChI is InChI=1S/C24H28O3/c1-3-7-18(2)23-14-15-26-24(23)13-10-20(19-8-5-4-6-9-19)16-21-11-12-22(17-25)27-21/h4-6,8-9,11-12,14,16,24-25H,2-3,7,10,13,15,17H2,1H3/b20-16-. The molecule has 0 bridgehead atoms. The van der Waals surface area contributed by atoms with Crippen LogP contribution in [0.1, 0.15) is 49.7 Å². The predicted molar refractivity (Wildman–Crippen MR) is 110 cm³/mol. The maximum absolute atomic E-state index is 9.23. The number of aliphatic hydroxyl groups is 1. The zero-order valence-corrected chi connectivity index (χ0v) is 16.0. The Hall–Kier alpha value is -2.36. The highest BCUT2D eigenvalue weighted by molar-refractivity contribution is 5.80. The van der Waals surface area contributed by atoms with Crippen molar-refractivity contribution in [3.8, 4) is 0 Å². The van der Waals surface area contributed by atoms with Gasteiger partial charge in [0.1, 0.15) is 18.1 Å². The van der Waals surface area contributed by atoms with Crippen molar-refractivity contribution in [3.63, 3.8) is 0 Å². The number of furan rings is 1. The molecule has 0 saturated heterocycles. The highest BCUT2D eigenvalue weighted by atomic mass is 16.5. The Morgan fingerprint density at radius 2 is 2.00 bits per heavy atom. The van der Waals surface area contributed by atoms with Crippen molar-refractivity contribution in [3.05, 3.63) is 83.3 Å². The average molecular weight is 364 g/mol. The quantitative estimate of drug-likeness (QED) is 0.614. The zero-order chi connectivity index (χ0) is 19.1. The fourth-order valence-electron chi connectivity index (χ4n) is 3.50. The second-order valence-electron chi connectivity index (χ2n) is 6.87. The van der Waals surface area contributed by atoms with Gasteiger partial charge in [-0.2, -0.15) is 0 Å². The third-order valence-corrected chi connectivity index (χ3v) is 4.88. The summed E-state index contributed by atoms with van der Waals surface area (Å²) < 4.78 is 11.6. The monoisotopic (exact) mass is 364 g/mol. The number of hydrogen-bond acceptors (Lipinski definition) is 3. The van der Waals surface area contributed by atoms with Gasteiger partial charge >= 0.3 is 0 Å². The van der Waals surface area contributed by atoms with E-state index in [1.54, 1.807) is 0 Å².